The molecule has 2 amide bonds. The summed E-state index contributed by atoms with van der Waals surface area (Å²) >= 11 is 0. The van der Waals surface area contributed by atoms with Gasteiger partial charge in [0, 0.05) is 28.9 Å². The van der Waals surface area contributed by atoms with Gasteiger partial charge in [-0.15, -0.1) is 0 Å². The maximum Gasteiger partial charge on any atom is 0.251 e. The van der Waals surface area contributed by atoms with E-state index in [9.17, 15) is 9.59 Å². The molecule has 8 heteroatoms. The lowest BCUT2D eigenvalue weighted by atomic mass is 10.0. The second-order valence-corrected chi connectivity index (χ2v) is 7.87. The van der Waals surface area contributed by atoms with E-state index in [1.807, 2.05) is 30.5 Å². The maximum absolute atomic E-state index is 13.3. The summed E-state index contributed by atoms with van der Waals surface area (Å²) in [4.78, 5) is 29.5. The van der Waals surface area contributed by atoms with Gasteiger partial charge >= 0.3 is 0 Å². The highest BCUT2D eigenvalue weighted by molar-refractivity contribution is 5.99. The van der Waals surface area contributed by atoms with Gasteiger partial charge in [-0.05, 0) is 41.5 Å². The number of carbonyl (C=O) groups is 2. The molecule has 5 rings (SSSR count). The molecular formula is C26H23N3O5. The molecule has 4 aromatic rings. The Kier molecular flexibility index (Phi) is 5.78. The molecule has 3 aromatic carbocycles. The summed E-state index contributed by atoms with van der Waals surface area (Å²) in [6.45, 7) is 0.144. The average Bonchev–Trinajstić information content (AvgIpc) is 3.49. The molecule has 1 aliphatic rings. The smallest absolute Gasteiger partial charge is 0.251 e. The van der Waals surface area contributed by atoms with Crippen molar-refractivity contribution in [2.24, 2.45) is 0 Å². The van der Waals surface area contributed by atoms with Crippen molar-refractivity contribution in [1.82, 2.24) is 10.3 Å². The number of anilines is 1. The molecule has 1 aromatic heterocycles. The van der Waals surface area contributed by atoms with Crippen LogP contribution in [0.2, 0.25) is 0 Å². The van der Waals surface area contributed by atoms with Gasteiger partial charge < -0.3 is 29.8 Å². The van der Waals surface area contributed by atoms with Crippen molar-refractivity contribution >= 4 is 28.4 Å². The Hall–Kier alpha value is -4.46. The highest BCUT2D eigenvalue weighted by Gasteiger charge is 2.24. The minimum atomic E-state index is -0.908. The van der Waals surface area contributed by atoms with Crippen LogP contribution >= 0.6 is 0 Å². The number of benzene rings is 3. The zero-order chi connectivity index (χ0) is 23.5. The Morgan fingerprint density at radius 1 is 1.03 bits per heavy atom. The molecule has 0 saturated heterocycles. The summed E-state index contributed by atoms with van der Waals surface area (Å²) in [6.07, 6.45) is 1.95. The third kappa shape index (κ3) is 4.38. The van der Waals surface area contributed by atoms with E-state index in [4.69, 9.17) is 14.2 Å². The van der Waals surface area contributed by atoms with Gasteiger partial charge in [0.1, 0.15) is 11.8 Å². The monoisotopic (exact) mass is 457 g/mol. The summed E-state index contributed by atoms with van der Waals surface area (Å²) < 4.78 is 15.9. The molecule has 1 aliphatic heterocycles. The van der Waals surface area contributed by atoms with Crippen molar-refractivity contribution in [1.29, 1.82) is 0 Å². The lowest BCUT2D eigenvalue weighted by Gasteiger charge is -2.19. The molecule has 0 spiro atoms. The van der Waals surface area contributed by atoms with Gasteiger partial charge in [-0.1, -0.05) is 30.3 Å². The number of hydrogen-bond acceptors (Lipinski definition) is 5. The third-order valence-corrected chi connectivity index (χ3v) is 5.68. The van der Waals surface area contributed by atoms with Crippen LogP contribution in [0, 0.1) is 0 Å². The zero-order valence-electron chi connectivity index (χ0n) is 18.5. The Balaban J connectivity index is 1.37. The molecule has 3 N–H and O–H groups in total. The first-order valence-corrected chi connectivity index (χ1v) is 10.8. The fourth-order valence-corrected chi connectivity index (χ4v) is 3.95. The van der Waals surface area contributed by atoms with Gasteiger partial charge in [0.15, 0.2) is 11.5 Å². The number of nitrogens with one attached hydrogen (secondary N) is 3. The van der Waals surface area contributed by atoms with Crippen molar-refractivity contribution in [3.05, 3.63) is 84.1 Å². The number of amides is 2. The van der Waals surface area contributed by atoms with E-state index >= 15 is 0 Å². The van der Waals surface area contributed by atoms with Crippen LogP contribution in [0.15, 0.2) is 72.9 Å². The summed E-state index contributed by atoms with van der Waals surface area (Å²) in [5.41, 5.74) is 2.99. The molecule has 34 heavy (non-hydrogen) atoms. The van der Waals surface area contributed by atoms with E-state index in [2.05, 4.69) is 15.6 Å². The average molecular weight is 457 g/mol. The number of hydrogen-bond donors (Lipinski definition) is 3. The number of ether oxygens (including phenoxy) is 3. The third-order valence-electron chi connectivity index (χ3n) is 5.68. The second kappa shape index (κ2) is 9.19. The Morgan fingerprint density at radius 3 is 2.65 bits per heavy atom. The van der Waals surface area contributed by atoms with Crippen LogP contribution in [0.1, 0.15) is 17.2 Å². The SMILES string of the molecule is COc1ccc([C@@H](NC(=O)Cc2c[nH]c3ccccc23)C(=O)Nc2ccc3c(c2)OCO3)cc1. The number of H-pyrrole nitrogens is 1. The number of methoxy groups -OCH3 is 1. The van der Waals surface area contributed by atoms with Gasteiger partial charge in [-0.2, -0.15) is 0 Å². The van der Waals surface area contributed by atoms with E-state index in [1.165, 1.54) is 0 Å². The van der Waals surface area contributed by atoms with E-state index < -0.39 is 6.04 Å². The molecule has 0 bridgehead atoms. The second-order valence-electron chi connectivity index (χ2n) is 7.87. The predicted molar refractivity (Wildman–Crippen MR) is 127 cm³/mol. The van der Waals surface area contributed by atoms with Crippen LogP contribution < -0.4 is 24.8 Å². The molecule has 172 valence electrons. The molecule has 0 saturated carbocycles. The molecule has 1 atom stereocenters. The first-order valence-electron chi connectivity index (χ1n) is 10.8. The normalized spacial score (nSPS) is 12.9. The van der Waals surface area contributed by atoms with Gasteiger partial charge in [0.05, 0.1) is 13.5 Å². The fourth-order valence-electron chi connectivity index (χ4n) is 3.95. The number of carbonyl (C=O) groups excluding carboxylic acids is 2. The number of aromatic amines is 1. The van der Waals surface area contributed by atoms with Crippen LogP contribution in [0.5, 0.6) is 17.2 Å². The predicted octanol–water partition coefficient (Wildman–Crippen LogP) is 3.94. The summed E-state index contributed by atoms with van der Waals surface area (Å²) in [6, 6.07) is 19.0. The van der Waals surface area contributed by atoms with Crippen molar-refractivity contribution in [2.45, 2.75) is 12.5 Å². The Morgan fingerprint density at radius 2 is 1.82 bits per heavy atom. The van der Waals surface area contributed by atoms with Crippen LogP contribution in [0.25, 0.3) is 10.9 Å². The molecule has 8 nitrogen and oxygen atoms in total. The Labute approximate surface area is 195 Å². The summed E-state index contributed by atoms with van der Waals surface area (Å²) in [7, 11) is 1.57. The molecule has 0 radical (unpaired) electrons. The van der Waals surface area contributed by atoms with Gasteiger partial charge in [0.25, 0.3) is 5.91 Å². The zero-order valence-corrected chi connectivity index (χ0v) is 18.5. The molecular weight excluding hydrogens is 434 g/mol. The van der Waals surface area contributed by atoms with Crippen LogP contribution in [-0.4, -0.2) is 30.7 Å². The molecule has 2 heterocycles. The van der Waals surface area contributed by atoms with Gasteiger partial charge in [-0.3, -0.25) is 9.59 Å². The lowest BCUT2D eigenvalue weighted by Crippen LogP contribution is -2.37. The topological polar surface area (TPSA) is 102 Å². The first kappa shape index (κ1) is 21.4. The molecule has 0 aliphatic carbocycles. The largest absolute Gasteiger partial charge is 0.497 e. The van der Waals surface area contributed by atoms with Gasteiger partial charge in [0.2, 0.25) is 12.7 Å². The van der Waals surface area contributed by atoms with Gasteiger partial charge in [-0.25, -0.2) is 0 Å². The maximum atomic E-state index is 13.3. The van der Waals surface area contributed by atoms with E-state index in [1.54, 1.807) is 49.6 Å². The molecule has 0 unspecified atom stereocenters. The van der Waals surface area contributed by atoms with Crippen molar-refractivity contribution < 1.29 is 23.8 Å². The van der Waals surface area contributed by atoms with Crippen LogP contribution in [-0.2, 0) is 16.0 Å². The quantitative estimate of drug-likeness (QED) is 0.390. The Bertz CT molecular complexity index is 1350. The van der Waals surface area contributed by atoms with Crippen molar-refractivity contribution in [3.8, 4) is 17.2 Å². The highest BCUT2D eigenvalue weighted by Crippen LogP contribution is 2.34. The van der Waals surface area contributed by atoms with E-state index in [0.29, 0.717) is 28.5 Å². The number of rotatable bonds is 7. The van der Waals surface area contributed by atoms with Crippen molar-refractivity contribution in [2.75, 3.05) is 19.2 Å². The lowest BCUT2D eigenvalue weighted by molar-refractivity contribution is -0.126. The highest BCUT2D eigenvalue weighted by atomic mass is 16.7. The summed E-state index contributed by atoms with van der Waals surface area (Å²) in [5.74, 6) is 1.19. The minimum Gasteiger partial charge on any atom is -0.497 e. The number of aromatic nitrogens is 1. The van der Waals surface area contributed by atoms with Crippen molar-refractivity contribution in [3.63, 3.8) is 0 Å². The number of fused-ring (bicyclic) bond motifs is 2. The van der Waals surface area contributed by atoms with Crippen LogP contribution in [0.3, 0.4) is 0 Å². The minimum absolute atomic E-state index is 0.133. The first-order chi connectivity index (χ1) is 16.6. The van der Waals surface area contributed by atoms with E-state index in [-0.39, 0.29) is 25.0 Å². The fraction of sp³-hybridized carbons (Fsp3) is 0.154. The molecule has 0 fully saturated rings. The van der Waals surface area contributed by atoms with Crippen LogP contribution in [0.4, 0.5) is 5.69 Å². The standard InChI is InChI=1S/C26H23N3O5/c1-32-19-9-6-16(7-10-19)25(26(31)28-18-8-11-22-23(13-18)34-15-33-22)29-24(30)12-17-14-27-21-5-3-2-4-20(17)21/h2-11,13-14,25,27H,12,15H2,1H3,(H,28,31)(H,29,30)/t25-/m1/s1. The summed E-state index contributed by atoms with van der Waals surface area (Å²) in [5, 5.41) is 6.73. The number of para-hydroxylation sites is 1. The van der Waals surface area contributed by atoms with E-state index in [0.717, 1.165) is 16.5 Å².